The van der Waals surface area contributed by atoms with E-state index in [-0.39, 0.29) is 34.9 Å². The number of nitrogens with one attached hydrogen (secondary N) is 1. The van der Waals surface area contributed by atoms with Crippen LogP contribution >= 0.6 is 0 Å². The van der Waals surface area contributed by atoms with Crippen molar-refractivity contribution >= 4 is 22.0 Å². The second kappa shape index (κ2) is 8.97. The summed E-state index contributed by atoms with van der Waals surface area (Å²) in [6.07, 6.45) is 2.72. The molecule has 0 bridgehead atoms. The lowest BCUT2D eigenvalue weighted by atomic mass is 10.1. The number of methoxy groups -OCH3 is 1. The molecule has 0 fully saturated rings. The van der Waals surface area contributed by atoms with Crippen LogP contribution in [-0.2, 0) is 32.6 Å². The third-order valence-corrected chi connectivity index (χ3v) is 5.64. The Kier molecular flexibility index (Phi) is 6.38. The summed E-state index contributed by atoms with van der Waals surface area (Å²) in [6.45, 7) is 1.30. The minimum atomic E-state index is -3.89. The molecule has 1 aromatic carbocycles. The van der Waals surface area contributed by atoms with Crippen molar-refractivity contribution in [3.63, 3.8) is 0 Å². The number of aryl methyl sites for hydroxylation is 1. The van der Waals surface area contributed by atoms with Crippen molar-refractivity contribution < 1.29 is 36.3 Å². The highest BCUT2D eigenvalue weighted by atomic mass is 32.2. The van der Waals surface area contributed by atoms with Crippen molar-refractivity contribution in [2.45, 2.75) is 25.0 Å². The van der Waals surface area contributed by atoms with E-state index in [1.807, 2.05) is 0 Å². The van der Waals surface area contributed by atoms with Crippen LogP contribution in [0.15, 0.2) is 62.7 Å². The smallest absolute Gasteiger partial charge is 0.341 e. The summed E-state index contributed by atoms with van der Waals surface area (Å²) in [5.74, 6) is -0.813. The van der Waals surface area contributed by atoms with Crippen LogP contribution in [-0.4, -0.2) is 27.5 Å². The van der Waals surface area contributed by atoms with E-state index in [1.165, 1.54) is 43.9 Å². The van der Waals surface area contributed by atoms with Crippen LogP contribution in [0, 0.1) is 6.92 Å². The van der Waals surface area contributed by atoms with Crippen LogP contribution in [0.3, 0.4) is 0 Å². The van der Waals surface area contributed by atoms with Crippen molar-refractivity contribution in [2.24, 2.45) is 0 Å². The second-order valence-electron chi connectivity index (χ2n) is 6.21. The molecule has 0 radical (unpaired) electrons. The molecule has 1 N–H and O–H groups in total. The number of rotatable bonds is 8. The van der Waals surface area contributed by atoms with Crippen LogP contribution in [0.4, 0.5) is 0 Å². The lowest BCUT2D eigenvalue weighted by Gasteiger charge is -2.10. The van der Waals surface area contributed by atoms with E-state index in [0.29, 0.717) is 11.3 Å². The number of hydrogen-bond donors (Lipinski definition) is 1. The molecular formula is C20H19NO8S. The summed E-state index contributed by atoms with van der Waals surface area (Å²) in [5, 5.41) is 0. The largest absolute Gasteiger partial charge is 0.468 e. The lowest BCUT2D eigenvalue weighted by molar-refractivity contribution is 0.0431. The van der Waals surface area contributed by atoms with Gasteiger partial charge in [-0.15, -0.1) is 0 Å². The fraction of sp³-hybridized carbons (Fsp3) is 0.200. The highest BCUT2D eigenvalue weighted by molar-refractivity contribution is 7.89. The van der Waals surface area contributed by atoms with Crippen LogP contribution < -0.4 is 4.72 Å². The zero-order valence-corrected chi connectivity index (χ0v) is 17.0. The molecule has 2 aromatic heterocycles. The summed E-state index contributed by atoms with van der Waals surface area (Å²) in [6, 6.07) is 8.80. The zero-order chi connectivity index (χ0) is 21.7. The van der Waals surface area contributed by atoms with E-state index in [0.717, 1.165) is 0 Å². The van der Waals surface area contributed by atoms with Gasteiger partial charge in [-0.05, 0) is 42.8 Å². The van der Waals surface area contributed by atoms with E-state index < -0.39 is 22.0 Å². The minimum absolute atomic E-state index is 0.0300. The van der Waals surface area contributed by atoms with Crippen molar-refractivity contribution in [3.8, 4) is 0 Å². The Labute approximate surface area is 172 Å². The molecule has 0 spiro atoms. The molecule has 0 unspecified atom stereocenters. The molecule has 3 aromatic rings. The van der Waals surface area contributed by atoms with E-state index >= 15 is 0 Å². The Morgan fingerprint density at radius 3 is 2.53 bits per heavy atom. The van der Waals surface area contributed by atoms with Crippen molar-refractivity contribution in [3.05, 3.63) is 77.1 Å². The van der Waals surface area contributed by atoms with Gasteiger partial charge in [0, 0.05) is 0 Å². The molecule has 158 valence electrons. The van der Waals surface area contributed by atoms with E-state index in [1.54, 1.807) is 19.1 Å². The molecular weight excluding hydrogens is 414 g/mol. The molecule has 0 saturated heterocycles. The van der Waals surface area contributed by atoms with E-state index in [2.05, 4.69) is 9.46 Å². The Morgan fingerprint density at radius 2 is 1.83 bits per heavy atom. The molecule has 10 heteroatoms. The fourth-order valence-corrected chi connectivity index (χ4v) is 3.62. The van der Waals surface area contributed by atoms with Gasteiger partial charge < -0.3 is 18.3 Å². The van der Waals surface area contributed by atoms with Gasteiger partial charge in [-0.25, -0.2) is 22.7 Å². The summed E-state index contributed by atoms with van der Waals surface area (Å²) < 4.78 is 47.6. The molecule has 30 heavy (non-hydrogen) atoms. The van der Waals surface area contributed by atoms with Gasteiger partial charge in [0.05, 0.1) is 36.6 Å². The van der Waals surface area contributed by atoms with Crippen LogP contribution in [0.5, 0.6) is 0 Å². The predicted molar refractivity (Wildman–Crippen MR) is 103 cm³/mol. The molecule has 0 aliphatic rings. The van der Waals surface area contributed by atoms with E-state index in [4.69, 9.17) is 13.6 Å². The van der Waals surface area contributed by atoms with Gasteiger partial charge in [0.15, 0.2) is 12.4 Å². The standard InChI is InChI=1S/C20H19NO8S/c1-13-5-6-15(30(24,25)21-11-14-4-3-8-27-14)10-17(13)20(23)29-12-18-16(7-9-28-18)19(22)26-2/h3-10,21H,11-12H2,1-2H3. The number of carbonyl (C=O) groups is 2. The molecule has 0 atom stereocenters. The molecule has 9 nitrogen and oxygen atoms in total. The number of carbonyl (C=O) groups excluding carboxylic acids is 2. The maximum absolute atomic E-state index is 12.5. The first-order chi connectivity index (χ1) is 14.3. The molecule has 2 heterocycles. The number of furan rings is 2. The maximum atomic E-state index is 12.5. The van der Waals surface area contributed by atoms with Gasteiger partial charge in [-0.2, -0.15) is 0 Å². The first-order valence-electron chi connectivity index (χ1n) is 8.76. The number of esters is 2. The monoisotopic (exact) mass is 433 g/mol. The SMILES string of the molecule is COC(=O)c1ccoc1COC(=O)c1cc(S(=O)(=O)NCc2ccco2)ccc1C. The van der Waals surface area contributed by atoms with Gasteiger partial charge in [0.2, 0.25) is 10.0 Å². The fourth-order valence-electron chi connectivity index (χ4n) is 2.60. The third kappa shape index (κ3) is 4.78. The summed E-state index contributed by atoms with van der Waals surface area (Å²) in [4.78, 5) is 24.1. The highest BCUT2D eigenvalue weighted by Crippen LogP contribution is 2.19. The topological polar surface area (TPSA) is 125 Å². The summed E-state index contributed by atoms with van der Waals surface area (Å²) in [5.41, 5.74) is 0.736. The van der Waals surface area contributed by atoms with Crippen molar-refractivity contribution in [1.29, 1.82) is 0 Å². The Morgan fingerprint density at radius 1 is 1.03 bits per heavy atom. The van der Waals surface area contributed by atoms with Crippen LogP contribution in [0.1, 0.15) is 37.8 Å². The highest BCUT2D eigenvalue weighted by Gasteiger charge is 2.21. The van der Waals surface area contributed by atoms with Crippen molar-refractivity contribution in [2.75, 3.05) is 7.11 Å². The molecule has 0 amide bonds. The Balaban J connectivity index is 1.73. The van der Waals surface area contributed by atoms with E-state index in [9.17, 15) is 18.0 Å². The van der Waals surface area contributed by atoms with Gasteiger partial charge in [0.1, 0.15) is 11.3 Å². The summed E-state index contributed by atoms with van der Waals surface area (Å²) in [7, 11) is -2.66. The Bertz CT molecular complexity index is 1150. The lowest BCUT2D eigenvalue weighted by Crippen LogP contribution is -2.23. The van der Waals surface area contributed by atoms with Gasteiger partial charge >= 0.3 is 11.9 Å². The number of sulfonamides is 1. The number of hydrogen-bond acceptors (Lipinski definition) is 8. The second-order valence-corrected chi connectivity index (χ2v) is 7.97. The molecule has 0 aliphatic carbocycles. The molecule has 3 rings (SSSR count). The maximum Gasteiger partial charge on any atom is 0.341 e. The average molecular weight is 433 g/mol. The Hall–Kier alpha value is -3.37. The summed E-state index contributed by atoms with van der Waals surface area (Å²) >= 11 is 0. The average Bonchev–Trinajstić information content (AvgIpc) is 3.42. The predicted octanol–water partition coefficient (Wildman–Crippen LogP) is 2.80. The third-order valence-electron chi connectivity index (χ3n) is 4.24. The minimum Gasteiger partial charge on any atom is -0.468 e. The van der Waals surface area contributed by atoms with Gasteiger partial charge in [-0.1, -0.05) is 6.07 Å². The van der Waals surface area contributed by atoms with Gasteiger partial charge in [0.25, 0.3) is 0 Å². The van der Waals surface area contributed by atoms with Crippen LogP contribution in [0.25, 0.3) is 0 Å². The zero-order valence-electron chi connectivity index (χ0n) is 16.2. The quantitative estimate of drug-likeness (QED) is 0.538. The number of benzene rings is 1. The van der Waals surface area contributed by atoms with Gasteiger partial charge in [-0.3, -0.25) is 0 Å². The normalized spacial score (nSPS) is 11.3. The molecule has 0 aliphatic heterocycles. The first kappa shape index (κ1) is 21.3. The molecule has 0 saturated carbocycles. The van der Waals surface area contributed by atoms with Crippen molar-refractivity contribution in [1.82, 2.24) is 4.72 Å². The van der Waals surface area contributed by atoms with Crippen LogP contribution in [0.2, 0.25) is 0 Å². The first-order valence-corrected chi connectivity index (χ1v) is 10.2. The number of ether oxygens (including phenoxy) is 2.